The number of rotatable bonds is 4. The van der Waals surface area contributed by atoms with Crippen LogP contribution in [0, 0.1) is 0 Å². The second-order valence-corrected chi connectivity index (χ2v) is 6.45. The second-order valence-electron chi connectivity index (χ2n) is 6.45. The van der Waals surface area contributed by atoms with Gasteiger partial charge in [-0.15, -0.1) is 0 Å². The van der Waals surface area contributed by atoms with E-state index in [4.69, 9.17) is 4.52 Å². The number of pyridine rings is 1. The lowest BCUT2D eigenvalue weighted by molar-refractivity contribution is -0.136. The minimum Gasteiger partial charge on any atom is -0.359 e. The molecule has 128 valence electrons. The molecule has 1 aliphatic heterocycles. The summed E-state index contributed by atoms with van der Waals surface area (Å²) in [6.07, 6.45) is 7.86. The van der Waals surface area contributed by atoms with Crippen molar-refractivity contribution in [3.63, 3.8) is 0 Å². The summed E-state index contributed by atoms with van der Waals surface area (Å²) in [4.78, 5) is 20.7. The summed E-state index contributed by atoms with van der Waals surface area (Å²) < 4.78 is 5.40. The van der Waals surface area contributed by atoms with Crippen molar-refractivity contribution in [3.8, 4) is 11.3 Å². The summed E-state index contributed by atoms with van der Waals surface area (Å²) in [5, 5.41) is 4.09. The zero-order valence-electron chi connectivity index (χ0n) is 14.3. The van der Waals surface area contributed by atoms with E-state index in [9.17, 15) is 4.79 Å². The Kier molecular flexibility index (Phi) is 5.25. The van der Waals surface area contributed by atoms with Gasteiger partial charge in [0, 0.05) is 31.1 Å². The molecule has 0 aliphatic carbocycles. The molecule has 1 unspecified atom stereocenters. The molecule has 6 heteroatoms. The van der Waals surface area contributed by atoms with Crippen molar-refractivity contribution in [3.05, 3.63) is 36.4 Å². The number of carbonyl (C=O) groups is 1. The van der Waals surface area contributed by atoms with E-state index in [0.29, 0.717) is 12.3 Å². The van der Waals surface area contributed by atoms with E-state index in [-0.39, 0.29) is 11.9 Å². The molecule has 1 amide bonds. The van der Waals surface area contributed by atoms with Crippen molar-refractivity contribution < 1.29 is 9.32 Å². The fourth-order valence-corrected chi connectivity index (χ4v) is 3.18. The molecule has 0 aromatic carbocycles. The van der Waals surface area contributed by atoms with E-state index in [1.165, 1.54) is 12.8 Å². The van der Waals surface area contributed by atoms with Crippen LogP contribution in [0.1, 0.15) is 31.4 Å². The maximum atomic E-state index is 12.8. The van der Waals surface area contributed by atoms with E-state index in [1.807, 2.05) is 32.3 Å². The average Bonchev–Trinajstić information content (AvgIpc) is 2.96. The third-order valence-corrected chi connectivity index (χ3v) is 4.61. The Morgan fingerprint density at radius 3 is 2.92 bits per heavy atom. The van der Waals surface area contributed by atoms with Crippen molar-refractivity contribution in [1.82, 2.24) is 19.9 Å². The molecule has 2 aromatic heterocycles. The fourth-order valence-electron chi connectivity index (χ4n) is 3.18. The van der Waals surface area contributed by atoms with Crippen LogP contribution in [-0.4, -0.2) is 52.5 Å². The number of likely N-dealkylation sites (tertiary alicyclic amines) is 1. The van der Waals surface area contributed by atoms with Crippen molar-refractivity contribution in [1.29, 1.82) is 0 Å². The first-order chi connectivity index (χ1) is 11.6. The van der Waals surface area contributed by atoms with Crippen molar-refractivity contribution >= 4 is 5.91 Å². The number of carbonyl (C=O) groups excluding carboxylic acids is 1. The molecule has 0 N–H and O–H groups in total. The molecule has 1 aliphatic rings. The number of aromatic nitrogens is 2. The van der Waals surface area contributed by atoms with Gasteiger partial charge in [0.1, 0.15) is 5.69 Å². The number of hydrogen-bond acceptors (Lipinski definition) is 5. The molecule has 0 spiro atoms. The molecule has 3 heterocycles. The van der Waals surface area contributed by atoms with Gasteiger partial charge in [0.25, 0.3) is 0 Å². The van der Waals surface area contributed by atoms with Crippen LogP contribution < -0.4 is 0 Å². The first kappa shape index (κ1) is 16.6. The number of amides is 1. The van der Waals surface area contributed by atoms with E-state index >= 15 is 0 Å². The molecule has 1 saturated heterocycles. The lowest BCUT2D eigenvalue weighted by Gasteiger charge is -2.28. The van der Waals surface area contributed by atoms with E-state index in [0.717, 1.165) is 30.6 Å². The monoisotopic (exact) mass is 328 g/mol. The molecule has 0 saturated carbocycles. The topological polar surface area (TPSA) is 62.5 Å². The maximum absolute atomic E-state index is 12.8. The zero-order chi connectivity index (χ0) is 16.9. The molecule has 0 bridgehead atoms. The molecule has 1 fully saturated rings. The van der Waals surface area contributed by atoms with Crippen LogP contribution in [0.3, 0.4) is 0 Å². The lowest BCUT2D eigenvalue weighted by Crippen LogP contribution is -2.45. The minimum absolute atomic E-state index is 0.0277. The van der Waals surface area contributed by atoms with Gasteiger partial charge in [-0.2, -0.15) is 0 Å². The van der Waals surface area contributed by atoms with E-state index in [1.54, 1.807) is 17.3 Å². The van der Waals surface area contributed by atoms with Crippen LogP contribution in [0.4, 0.5) is 0 Å². The predicted octanol–water partition coefficient (Wildman–Crippen LogP) is 2.57. The molecule has 2 aromatic rings. The highest BCUT2D eigenvalue weighted by atomic mass is 16.5. The van der Waals surface area contributed by atoms with E-state index in [2.05, 4.69) is 15.0 Å². The Bertz CT molecular complexity index is 671. The van der Waals surface area contributed by atoms with Crippen LogP contribution in [0.5, 0.6) is 0 Å². The smallest absolute Gasteiger partial charge is 0.240 e. The Balaban J connectivity index is 1.65. The lowest BCUT2D eigenvalue weighted by atomic mass is 10.1. The van der Waals surface area contributed by atoms with Crippen LogP contribution in [0.25, 0.3) is 11.3 Å². The van der Waals surface area contributed by atoms with E-state index < -0.39 is 0 Å². The first-order valence-electron chi connectivity index (χ1n) is 8.46. The molecular formula is C18H24N4O2. The van der Waals surface area contributed by atoms with Gasteiger partial charge in [0.05, 0.1) is 12.6 Å². The molecular weight excluding hydrogens is 304 g/mol. The Morgan fingerprint density at radius 1 is 1.33 bits per heavy atom. The van der Waals surface area contributed by atoms with Gasteiger partial charge < -0.3 is 9.42 Å². The molecule has 6 nitrogen and oxygen atoms in total. The average molecular weight is 328 g/mol. The van der Waals surface area contributed by atoms with Crippen LogP contribution >= 0.6 is 0 Å². The molecule has 3 rings (SSSR count). The Hall–Kier alpha value is -2.21. The highest BCUT2D eigenvalue weighted by Gasteiger charge is 2.27. The quantitative estimate of drug-likeness (QED) is 0.863. The fraction of sp³-hybridized carbons (Fsp3) is 0.500. The summed E-state index contributed by atoms with van der Waals surface area (Å²) in [7, 11) is 3.87. The van der Waals surface area contributed by atoms with Gasteiger partial charge in [-0.3, -0.25) is 14.7 Å². The van der Waals surface area contributed by atoms with Gasteiger partial charge in [0.2, 0.25) is 5.91 Å². The summed E-state index contributed by atoms with van der Waals surface area (Å²) in [6.45, 7) is 1.42. The third kappa shape index (κ3) is 3.82. The second kappa shape index (κ2) is 7.57. The van der Waals surface area contributed by atoms with Gasteiger partial charge in [-0.1, -0.05) is 18.0 Å². The molecule has 24 heavy (non-hydrogen) atoms. The standard InChI is InChI=1S/C18H24N4O2/c1-21-11-5-3-4-6-17(21)18(23)22(2)13-15-12-16(20-24-15)14-7-9-19-10-8-14/h7-10,12,17H,3-6,11,13H2,1-2H3. The van der Waals surface area contributed by atoms with Crippen LogP contribution in [-0.2, 0) is 11.3 Å². The van der Waals surface area contributed by atoms with Gasteiger partial charge in [0.15, 0.2) is 5.76 Å². The van der Waals surface area contributed by atoms with Crippen LogP contribution in [0.15, 0.2) is 35.1 Å². The highest BCUT2D eigenvalue weighted by molar-refractivity contribution is 5.81. The number of nitrogens with zero attached hydrogens (tertiary/aromatic N) is 4. The Morgan fingerprint density at radius 2 is 2.12 bits per heavy atom. The summed E-state index contributed by atoms with van der Waals surface area (Å²) in [5.74, 6) is 0.843. The van der Waals surface area contributed by atoms with Gasteiger partial charge >= 0.3 is 0 Å². The third-order valence-electron chi connectivity index (χ3n) is 4.61. The van der Waals surface area contributed by atoms with Gasteiger partial charge in [-0.25, -0.2) is 0 Å². The summed E-state index contributed by atoms with van der Waals surface area (Å²) >= 11 is 0. The van der Waals surface area contributed by atoms with Crippen LogP contribution in [0.2, 0.25) is 0 Å². The Labute approximate surface area is 142 Å². The minimum atomic E-state index is -0.0277. The van der Waals surface area contributed by atoms with Crippen molar-refractivity contribution in [2.24, 2.45) is 0 Å². The van der Waals surface area contributed by atoms with Crippen molar-refractivity contribution in [2.75, 3.05) is 20.6 Å². The maximum Gasteiger partial charge on any atom is 0.240 e. The molecule has 0 radical (unpaired) electrons. The molecule has 1 atom stereocenters. The normalized spacial score (nSPS) is 19.0. The predicted molar refractivity (Wildman–Crippen MR) is 91.1 cm³/mol. The summed E-state index contributed by atoms with van der Waals surface area (Å²) in [6, 6.07) is 5.63. The van der Waals surface area contributed by atoms with Crippen molar-refractivity contribution in [2.45, 2.75) is 38.3 Å². The SMILES string of the molecule is CN(Cc1cc(-c2ccncc2)no1)C(=O)C1CCCCCN1C. The largest absolute Gasteiger partial charge is 0.359 e. The first-order valence-corrected chi connectivity index (χ1v) is 8.46. The van der Waals surface area contributed by atoms with Gasteiger partial charge in [-0.05, 0) is 38.6 Å². The highest BCUT2D eigenvalue weighted by Crippen LogP contribution is 2.20. The number of hydrogen-bond donors (Lipinski definition) is 0. The summed E-state index contributed by atoms with van der Waals surface area (Å²) in [5.41, 5.74) is 1.72. The zero-order valence-corrected chi connectivity index (χ0v) is 14.3. The number of likely N-dealkylation sites (N-methyl/N-ethyl adjacent to an activating group) is 2.